The second-order valence-electron chi connectivity index (χ2n) is 14.3. The van der Waals surface area contributed by atoms with Crippen molar-refractivity contribution in [1.82, 2.24) is 24.5 Å². The molecule has 0 amide bonds. The second-order valence-corrected chi connectivity index (χ2v) is 14.3. The number of nitrogens with zero attached hydrogens (tertiary/aromatic N) is 5. The van der Waals surface area contributed by atoms with Crippen LogP contribution in [0.1, 0.15) is 11.1 Å². The van der Waals surface area contributed by atoms with Crippen LogP contribution >= 0.6 is 0 Å². The van der Waals surface area contributed by atoms with Gasteiger partial charge in [-0.3, -0.25) is 19.9 Å². The minimum absolute atomic E-state index is 0.906. The number of hydrogen-bond acceptors (Lipinski definition) is 4. The first kappa shape index (κ1) is 29.3. The number of para-hydroxylation sites is 1. The average Bonchev–Trinajstić information content (AvgIpc) is 3.57. The Bertz CT molecular complexity index is 3290. The number of aromatic nitrogens is 5. The van der Waals surface area contributed by atoms with Gasteiger partial charge in [-0.25, -0.2) is 0 Å². The lowest BCUT2D eigenvalue weighted by Gasteiger charge is -2.17. The fraction of sp³-hybridized carbons (Fsp3) is 0.0204. The van der Waals surface area contributed by atoms with E-state index in [1.165, 1.54) is 43.7 Å². The van der Waals surface area contributed by atoms with Gasteiger partial charge in [-0.2, -0.15) is 0 Å². The Morgan fingerprint density at radius 3 is 1.78 bits per heavy atom. The summed E-state index contributed by atoms with van der Waals surface area (Å²) in [4.78, 5) is 19.4. The van der Waals surface area contributed by atoms with Crippen molar-refractivity contribution in [2.24, 2.45) is 0 Å². The van der Waals surface area contributed by atoms with E-state index in [1.807, 2.05) is 36.9 Å². The monoisotopic (exact) mass is 687 g/mol. The van der Waals surface area contributed by atoms with E-state index in [0.29, 0.717) is 0 Å². The molecule has 0 bridgehead atoms. The first-order valence-electron chi connectivity index (χ1n) is 18.3. The van der Waals surface area contributed by atoms with Gasteiger partial charge in [0.15, 0.2) is 0 Å². The topological polar surface area (TPSA) is 56.5 Å². The molecule has 0 saturated carbocycles. The van der Waals surface area contributed by atoms with Crippen LogP contribution < -0.4 is 0 Å². The Morgan fingerprint density at radius 2 is 1.07 bits per heavy atom. The standard InChI is InChI=1S/C49H29N5/c1-2-14-42-40(12-1)45-41-13-4-8-29-7-3-9-32(44(29)41)26-43(45)54(42)39-24-35(37-21-33-17-15-30-10-5-19-50-46(30)48(33)52-27-37)23-36(25-39)38-22-34-18-16-31-11-6-20-51-47(31)49(34)53-28-38/h1-12,14-28H,13H2. The number of allylic oxidation sites excluding steroid dienone is 1. The van der Waals surface area contributed by atoms with Crippen LogP contribution in [0.2, 0.25) is 0 Å². The van der Waals surface area contributed by atoms with Crippen molar-refractivity contribution in [3.8, 4) is 27.9 Å². The van der Waals surface area contributed by atoms with Gasteiger partial charge < -0.3 is 4.57 Å². The van der Waals surface area contributed by atoms with Crippen LogP contribution in [0.3, 0.4) is 0 Å². The zero-order valence-corrected chi connectivity index (χ0v) is 29.0. The van der Waals surface area contributed by atoms with Gasteiger partial charge in [0.1, 0.15) is 0 Å². The van der Waals surface area contributed by atoms with E-state index in [1.54, 1.807) is 0 Å². The summed E-state index contributed by atoms with van der Waals surface area (Å²) in [5.74, 6) is 0. The van der Waals surface area contributed by atoms with Crippen LogP contribution in [-0.4, -0.2) is 24.5 Å². The first-order chi connectivity index (χ1) is 26.7. The first-order valence-corrected chi connectivity index (χ1v) is 18.3. The Kier molecular flexibility index (Phi) is 6.05. The Labute approximate surface area is 309 Å². The molecule has 5 heteroatoms. The maximum Gasteiger partial charge on any atom is 0.0964 e. The van der Waals surface area contributed by atoms with Gasteiger partial charge in [-0.15, -0.1) is 0 Å². The summed E-state index contributed by atoms with van der Waals surface area (Å²) in [6, 6.07) is 46.0. The van der Waals surface area contributed by atoms with Crippen LogP contribution in [0.4, 0.5) is 0 Å². The molecule has 0 N–H and O–H groups in total. The quantitative estimate of drug-likeness (QED) is 0.174. The van der Waals surface area contributed by atoms with Crippen LogP contribution in [0.25, 0.3) is 110 Å². The van der Waals surface area contributed by atoms with Gasteiger partial charge in [-0.05, 0) is 94.0 Å². The zero-order valence-electron chi connectivity index (χ0n) is 29.0. The lowest BCUT2D eigenvalue weighted by Crippen LogP contribution is -1.98. The van der Waals surface area contributed by atoms with Crippen LogP contribution in [-0.2, 0) is 6.42 Å². The van der Waals surface area contributed by atoms with Gasteiger partial charge >= 0.3 is 0 Å². The number of benzene rings is 6. The highest BCUT2D eigenvalue weighted by Crippen LogP contribution is 2.42. The molecule has 0 aliphatic heterocycles. The van der Waals surface area contributed by atoms with Crippen molar-refractivity contribution in [3.05, 3.63) is 169 Å². The molecular weight excluding hydrogens is 659 g/mol. The van der Waals surface area contributed by atoms with Crippen molar-refractivity contribution in [2.45, 2.75) is 6.42 Å². The summed E-state index contributed by atoms with van der Waals surface area (Å²) < 4.78 is 2.45. The summed E-state index contributed by atoms with van der Waals surface area (Å²) in [7, 11) is 0. The van der Waals surface area contributed by atoms with E-state index >= 15 is 0 Å². The third-order valence-corrected chi connectivity index (χ3v) is 11.2. The van der Waals surface area contributed by atoms with E-state index in [-0.39, 0.29) is 0 Å². The Morgan fingerprint density at radius 1 is 0.444 bits per heavy atom. The van der Waals surface area contributed by atoms with Crippen molar-refractivity contribution in [1.29, 1.82) is 0 Å². The van der Waals surface area contributed by atoms with E-state index < -0.39 is 0 Å². The van der Waals surface area contributed by atoms with E-state index in [9.17, 15) is 0 Å². The molecule has 5 heterocycles. The lowest BCUT2D eigenvalue weighted by atomic mass is 9.90. The molecule has 0 saturated heterocycles. The average molecular weight is 688 g/mol. The van der Waals surface area contributed by atoms with Crippen molar-refractivity contribution < 1.29 is 0 Å². The predicted molar refractivity (Wildman–Crippen MR) is 223 cm³/mol. The molecule has 250 valence electrons. The molecule has 6 aromatic carbocycles. The van der Waals surface area contributed by atoms with Gasteiger partial charge in [0.2, 0.25) is 0 Å². The van der Waals surface area contributed by atoms with Crippen LogP contribution in [0.15, 0.2) is 158 Å². The molecule has 0 fully saturated rings. The van der Waals surface area contributed by atoms with Crippen LogP contribution in [0, 0.1) is 0 Å². The summed E-state index contributed by atoms with van der Waals surface area (Å²) in [5, 5.41) is 9.49. The van der Waals surface area contributed by atoms with Gasteiger partial charge in [-0.1, -0.05) is 84.9 Å². The summed E-state index contributed by atoms with van der Waals surface area (Å²) in [6.45, 7) is 0. The Hall–Kier alpha value is -7.24. The summed E-state index contributed by atoms with van der Waals surface area (Å²) in [5.41, 5.74) is 14.0. The molecular formula is C49H29N5. The minimum atomic E-state index is 0.906. The van der Waals surface area contributed by atoms with E-state index in [2.05, 4.69) is 142 Å². The molecule has 54 heavy (non-hydrogen) atoms. The molecule has 5 aromatic heterocycles. The molecule has 0 spiro atoms. The van der Waals surface area contributed by atoms with Crippen LogP contribution in [0.5, 0.6) is 0 Å². The summed E-state index contributed by atoms with van der Waals surface area (Å²) >= 11 is 0. The molecule has 1 aliphatic carbocycles. The minimum Gasteiger partial charge on any atom is -0.309 e. The maximum absolute atomic E-state index is 5.03. The normalized spacial score (nSPS) is 12.7. The van der Waals surface area contributed by atoms with E-state index in [4.69, 9.17) is 9.97 Å². The fourth-order valence-corrected chi connectivity index (χ4v) is 8.83. The highest BCUT2D eigenvalue weighted by Gasteiger charge is 2.21. The second kappa shape index (κ2) is 11.1. The third kappa shape index (κ3) is 4.27. The third-order valence-electron chi connectivity index (χ3n) is 11.2. The molecule has 0 unspecified atom stereocenters. The number of hydrogen-bond donors (Lipinski definition) is 0. The highest BCUT2D eigenvalue weighted by molar-refractivity contribution is 6.18. The molecule has 1 aliphatic rings. The van der Waals surface area contributed by atoms with Crippen molar-refractivity contribution in [3.63, 3.8) is 0 Å². The zero-order chi connectivity index (χ0) is 35.3. The Balaban J connectivity index is 1.14. The van der Waals surface area contributed by atoms with Crippen molar-refractivity contribution in [2.75, 3.05) is 0 Å². The van der Waals surface area contributed by atoms with Gasteiger partial charge in [0.05, 0.1) is 33.1 Å². The summed E-state index contributed by atoms with van der Waals surface area (Å²) in [6.07, 6.45) is 13.1. The lowest BCUT2D eigenvalue weighted by molar-refractivity contribution is 1.18. The molecule has 5 nitrogen and oxygen atoms in total. The van der Waals surface area contributed by atoms with E-state index in [0.717, 1.165) is 78.0 Å². The fourth-order valence-electron chi connectivity index (χ4n) is 8.83. The van der Waals surface area contributed by atoms with Gasteiger partial charge in [0, 0.05) is 73.9 Å². The molecule has 0 atom stereocenters. The SMILES string of the molecule is C1=Cc2cccc3cc4c(c(c23)C1)c1ccccc1n4-c1cc(-c2cnc3c(ccc4cccnc43)c2)cc(-c2cnc3c(ccc4cccnc43)c2)c1. The highest BCUT2D eigenvalue weighted by atomic mass is 15.0. The van der Waals surface area contributed by atoms with Gasteiger partial charge in [0.25, 0.3) is 0 Å². The smallest absolute Gasteiger partial charge is 0.0964 e. The van der Waals surface area contributed by atoms with Crippen molar-refractivity contribution >= 4 is 82.3 Å². The molecule has 11 aromatic rings. The number of rotatable bonds is 3. The molecule has 12 rings (SSSR count). The maximum atomic E-state index is 5.03. The predicted octanol–water partition coefficient (Wildman–Crippen LogP) is 12.0. The molecule has 0 radical (unpaired) electrons. The number of fused-ring (bicyclic) bond motifs is 10. The number of pyridine rings is 4. The largest absolute Gasteiger partial charge is 0.309 e.